The predicted octanol–water partition coefficient (Wildman–Crippen LogP) is 4.01. The molecule has 1 heterocycles. The second kappa shape index (κ2) is 8.50. The third-order valence-electron chi connectivity index (χ3n) is 5.63. The number of ether oxygens (including phenoxy) is 1. The van der Waals surface area contributed by atoms with Crippen molar-refractivity contribution in [3.63, 3.8) is 0 Å². The third kappa shape index (κ3) is 4.23. The average molecular weight is 343 g/mol. The van der Waals surface area contributed by atoms with Gasteiger partial charge in [-0.15, -0.1) is 0 Å². The second-order valence-electron chi connectivity index (χ2n) is 7.27. The Balaban J connectivity index is 1.46. The first-order valence-corrected chi connectivity index (χ1v) is 9.68. The number of rotatable bonds is 6. The standard InChI is InChI=1S/C21H29NO3/c1-25-19-10-7-9-18-17(19)13-12-16(21(18)24)8-3-4-11-20(23)22-14-5-2-6-15-22/h7,9-10,16H,2-6,8,11-15H2,1H3. The number of benzene rings is 1. The number of carbonyl (C=O) groups excluding carboxylic acids is 2. The molecule has 136 valence electrons. The quantitative estimate of drug-likeness (QED) is 0.733. The Labute approximate surface area is 150 Å². The molecule has 0 spiro atoms. The Bertz CT molecular complexity index is 620. The number of fused-ring (bicyclic) bond motifs is 1. The molecule has 1 fully saturated rings. The summed E-state index contributed by atoms with van der Waals surface area (Å²) in [5.41, 5.74) is 1.89. The van der Waals surface area contributed by atoms with E-state index in [4.69, 9.17) is 4.74 Å². The van der Waals surface area contributed by atoms with Gasteiger partial charge in [-0.3, -0.25) is 9.59 Å². The zero-order chi connectivity index (χ0) is 17.6. The maximum absolute atomic E-state index is 12.7. The van der Waals surface area contributed by atoms with Crippen molar-refractivity contribution in [3.05, 3.63) is 29.3 Å². The van der Waals surface area contributed by atoms with Crippen LogP contribution in [0.1, 0.15) is 67.3 Å². The molecule has 1 saturated heterocycles. The molecule has 1 aromatic rings. The number of amides is 1. The number of nitrogens with zero attached hydrogens (tertiary/aromatic N) is 1. The summed E-state index contributed by atoms with van der Waals surface area (Å²) in [4.78, 5) is 26.9. The Morgan fingerprint density at radius 1 is 1.20 bits per heavy atom. The van der Waals surface area contributed by atoms with Crippen LogP contribution in [-0.4, -0.2) is 36.8 Å². The molecule has 4 nitrogen and oxygen atoms in total. The summed E-state index contributed by atoms with van der Waals surface area (Å²) in [7, 11) is 1.66. The normalized spacial score (nSPS) is 20.3. The van der Waals surface area contributed by atoms with E-state index in [9.17, 15) is 9.59 Å². The highest BCUT2D eigenvalue weighted by Crippen LogP contribution is 2.34. The number of piperidine rings is 1. The van der Waals surface area contributed by atoms with E-state index >= 15 is 0 Å². The van der Waals surface area contributed by atoms with E-state index in [1.165, 1.54) is 6.42 Å². The molecule has 0 bridgehead atoms. The predicted molar refractivity (Wildman–Crippen MR) is 98.0 cm³/mol. The minimum absolute atomic E-state index is 0.102. The van der Waals surface area contributed by atoms with Crippen LogP contribution in [0.15, 0.2) is 18.2 Å². The summed E-state index contributed by atoms with van der Waals surface area (Å²) in [5, 5.41) is 0. The number of Topliss-reactive ketones (excluding diaryl/α,β-unsaturated/α-hetero) is 1. The van der Waals surface area contributed by atoms with Gasteiger partial charge in [0, 0.05) is 36.6 Å². The fourth-order valence-electron chi connectivity index (χ4n) is 4.16. The van der Waals surface area contributed by atoms with Crippen LogP contribution >= 0.6 is 0 Å². The smallest absolute Gasteiger partial charge is 0.222 e. The topological polar surface area (TPSA) is 46.6 Å². The number of unbranched alkanes of at least 4 members (excludes halogenated alkanes) is 1. The van der Waals surface area contributed by atoms with Crippen LogP contribution in [0.3, 0.4) is 0 Å². The van der Waals surface area contributed by atoms with E-state index < -0.39 is 0 Å². The SMILES string of the molecule is COc1cccc2c1CCC(CCCCC(=O)N1CCCCC1)C2=O. The monoisotopic (exact) mass is 343 g/mol. The Morgan fingerprint density at radius 3 is 2.76 bits per heavy atom. The molecule has 4 heteroatoms. The fourth-order valence-corrected chi connectivity index (χ4v) is 4.16. The van der Waals surface area contributed by atoms with Gasteiger partial charge >= 0.3 is 0 Å². The van der Waals surface area contributed by atoms with Crippen LogP contribution in [0, 0.1) is 5.92 Å². The number of likely N-dealkylation sites (tertiary alicyclic amines) is 1. The Kier molecular flexibility index (Phi) is 6.11. The summed E-state index contributed by atoms with van der Waals surface area (Å²) in [6, 6.07) is 5.75. The molecule has 0 N–H and O–H groups in total. The van der Waals surface area contributed by atoms with Crippen LogP contribution < -0.4 is 4.74 Å². The third-order valence-corrected chi connectivity index (χ3v) is 5.63. The lowest BCUT2D eigenvalue weighted by Crippen LogP contribution is -2.35. The Morgan fingerprint density at radius 2 is 2.00 bits per heavy atom. The maximum Gasteiger partial charge on any atom is 0.222 e. The number of hydrogen-bond acceptors (Lipinski definition) is 3. The van der Waals surface area contributed by atoms with E-state index in [0.29, 0.717) is 12.3 Å². The molecule has 1 amide bonds. The molecule has 0 saturated carbocycles. The molecular formula is C21H29NO3. The lowest BCUT2D eigenvalue weighted by molar-refractivity contribution is -0.132. The minimum atomic E-state index is 0.102. The van der Waals surface area contributed by atoms with Gasteiger partial charge in [0.2, 0.25) is 5.91 Å². The summed E-state index contributed by atoms with van der Waals surface area (Å²) in [6.45, 7) is 1.86. The van der Waals surface area contributed by atoms with Crippen molar-refractivity contribution in [2.24, 2.45) is 5.92 Å². The van der Waals surface area contributed by atoms with Crippen LogP contribution in [0.25, 0.3) is 0 Å². The molecule has 2 aliphatic rings. The molecule has 3 rings (SSSR count). The van der Waals surface area contributed by atoms with Crippen molar-refractivity contribution >= 4 is 11.7 Å². The number of methoxy groups -OCH3 is 1. The maximum atomic E-state index is 12.7. The van der Waals surface area contributed by atoms with Crippen molar-refractivity contribution in [2.75, 3.05) is 20.2 Å². The zero-order valence-corrected chi connectivity index (χ0v) is 15.3. The number of carbonyl (C=O) groups is 2. The summed E-state index contributed by atoms with van der Waals surface area (Å²) >= 11 is 0. The molecule has 0 aromatic heterocycles. The van der Waals surface area contributed by atoms with E-state index in [0.717, 1.165) is 74.9 Å². The van der Waals surface area contributed by atoms with Crippen molar-refractivity contribution in [1.82, 2.24) is 4.90 Å². The highest BCUT2D eigenvalue weighted by molar-refractivity contribution is 6.00. The highest BCUT2D eigenvalue weighted by atomic mass is 16.5. The highest BCUT2D eigenvalue weighted by Gasteiger charge is 2.28. The van der Waals surface area contributed by atoms with E-state index in [2.05, 4.69) is 0 Å². The molecule has 1 atom stereocenters. The lowest BCUT2D eigenvalue weighted by Gasteiger charge is -2.27. The van der Waals surface area contributed by atoms with E-state index in [1.54, 1.807) is 7.11 Å². The van der Waals surface area contributed by atoms with Crippen molar-refractivity contribution in [2.45, 2.75) is 57.8 Å². The van der Waals surface area contributed by atoms with Crippen LogP contribution in [0.5, 0.6) is 5.75 Å². The molecule has 0 radical (unpaired) electrons. The molecule has 25 heavy (non-hydrogen) atoms. The van der Waals surface area contributed by atoms with Gasteiger partial charge in [-0.1, -0.05) is 18.6 Å². The molecule has 1 aliphatic carbocycles. The van der Waals surface area contributed by atoms with Crippen LogP contribution in [0.2, 0.25) is 0 Å². The first-order valence-electron chi connectivity index (χ1n) is 9.68. The van der Waals surface area contributed by atoms with Crippen LogP contribution in [0.4, 0.5) is 0 Å². The van der Waals surface area contributed by atoms with Gasteiger partial charge in [-0.25, -0.2) is 0 Å². The van der Waals surface area contributed by atoms with Crippen molar-refractivity contribution in [1.29, 1.82) is 0 Å². The van der Waals surface area contributed by atoms with Gasteiger partial charge in [0.25, 0.3) is 0 Å². The minimum Gasteiger partial charge on any atom is -0.496 e. The summed E-state index contributed by atoms with van der Waals surface area (Å²) in [6.07, 6.45) is 8.71. The summed E-state index contributed by atoms with van der Waals surface area (Å²) in [5.74, 6) is 1.48. The van der Waals surface area contributed by atoms with Crippen LogP contribution in [-0.2, 0) is 11.2 Å². The van der Waals surface area contributed by atoms with E-state index in [1.807, 2.05) is 23.1 Å². The van der Waals surface area contributed by atoms with Gasteiger partial charge < -0.3 is 9.64 Å². The van der Waals surface area contributed by atoms with Gasteiger partial charge in [-0.05, 0) is 51.0 Å². The zero-order valence-electron chi connectivity index (χ0n) is 15.3. The van der Waals surface area contributed by atoms with Crippen molar-refractivity contribution in [3.8, 4) is 5.75 Å². The molecule has 1 aliphatic heterocycles. The van der Waals surface area contributed by atoms with E-state index in [-0.39, 0.29) is 11.7 Å². The average Bonchev–Trinajstić information content (AvgIpc) is 2.67. The lowest BCUT2D eigenvalue weighted by atomic mass is 9.80. The summed E-state index contributed by atoms with van der Waals surface area (Å²) < 4.78 is 5.38. The molecular weight excluding hydrogens is 314 g/mol. The fraction of sp³-hybridized carbons (Fsp3) is 0.619. The number of ketones is 1. The van der Waals surface area contributed by atoms with Gasteiger partial charge in [0.15, 0.2) is 5.78 Å². The van der Waals surface area contributed by atoms with Gasteiger partial charge in [0.1, 0.15) is 5.75 Å². The molecule has 1 aromatic carbocycles. The largest absolute Gasteiger partial charge is 0.496 e. The second-order valence-corrected chi connectivity index (χ2v) is 7.27. The molecule has 1 unspecified atom stereocenters. The Hall–Kier alpha value is -1.84. The van der Waals surface area contributed by atoms with Gasteiger partial charge in [0.05, 0.1) is 7.11 Å². The van der Waals surface area contributed by atoms with Crippen molar-refractivity contribution < 1.29 is 14.3 Å². The number of hydrogen-bond donors (Lipinski definition) is 0. The van der Waals surface area contributed by atoms with Gasteiger partial charge in [-0.2, -0.15) is 0 Å². The first-order chi connectivity index (χ1) is 12.2. The first kappa shape index (κ1) is 18.0.